The minimum Gasteiger partial charge on any atom is -0.379 e. The van der Waals surface area contributed by atoms with Crippen LogP contribution in [0.1, 0.15) is 23.6 Å². The number of guanidine groups is 1. The van der Waals surface area contributed by atoms with Crippen molar-refractivity contribution in [3.05, 3.63) is 71.8 Å². The van der Waals surface area contributed by atoms with Crippen LogP contribution in [-0.2, 0) is 16.1 Å². The number of morpholine rings is 1. The molecule has 0 spiro atoms. The predicted molar refractivity (Wildman–Crippen MR) is 129 cm³/mol. The maximum absolute atomic E-state index is 6.00. The molecule has 6 nitrogen and oxygen atoms in total. The highest BCUT2D eigenvalue weighted by Gasteiger charge is 2.27. The van der Waals surface area contributed by atoms with Crippen molar-refractivity contribution >= 4 is 5.96 Å². The van der Waals surface area contributed by atoms with Gasteiger partial charge in [-0.3, -0.25) is 9.89 Å². The Balaban J connectivity index is 1.28. The van der Waals surface area contributed by atoms with Crippen molar-refractivity contribution in [2.75, 3.05) is 59.6 Å². The number of benzene rings is 2. The molecule has 2 atom stereocenters. The second-order valence-corrected chi connectivity index (χ2v) is 8.60. The molecule has 6 heteroatoms. The summed E-state index contributed by atoms with van der Waals surface area (Å²) >= 11 is 0. The fraction of sp³-hybridized carbons (Fsp3) is 0.500. The van der Waals surface area contributed by atoms with Crippen molar-refractivity contribution in [2.45, 2.75) is 19.1 Å². The summed E-state index contributed by atoms with van der Waals surface area (Å²) in [5.41, 5.74) is 2.57. The number of hydrogen-bond donors (Lipinski definition) is 1. The number of nitrogens with one attached hydrogen (secondary N) is 1. The Morgan fingerprint density at radius 2 is 1.78 bits per heavy atom. The zero-order chi connectivity index (χ0) is 22.0. The maximum atomic E-state index is 6.00. The molecule has 2 unspecified atom stereocenters. The van der Waals surface area contributed by atoms with Crippen LogP contribution in [0.25, 0.3) is 0 Å². The first-order valence-corrected chi connectivity index (χ1v) is 11.8. The van der Waals surface area contributed by atoms with Crippen LogP contribution in [0.4, 0.5) is 0 Å². The van der Waals surface area contributed by atoms with E-state index in [0.717, 1.165) is 64.9 Å². The Kier molecular flexibility index (Phi) is 8.54. The van der Waals surface area contributed by atoms with Crippen LogP contribution >= 0.6 is 0 Å². The average molecular weight is 437 g/mol. The molecule has 172 valence electrons. The van der Waals surface area contributed by atoms with Crippen LogP contribution in [-0.4, -0.2) is 75.4 Å². The van der Waals surface area contributed by atoms with E-state index < -0.39 is 0 Å². The second kappa shape index (κ2) is 12.0. The van der Waals surface area contributed by atoms with Gasteiger partial charge in [-0.2, -0.15) is 0 Å². The summed E-state index contributed by atoms with van der Waals surface area (Å²) in [5, 5.41) is 3.66. The first-order valence-electron chi connectivity index (χ1n) is 11.8. The van der Waals surface area contributed by atoms with Crippen LogP contribution in [0, 0.1) is 5.92 Å². The molecule has 2 aliphatic heterocycles. The summed E-state index contributed by atoms with van der Waals surface area (Å²) in [7, 11) is 1.88. The van der Waals surface area contributed by atoms with E-state index in [1.165, 1.54) is 11.1 Å². The number of rotatable bonds is 8. The largest absolute Gasteiger partial charge is 0.379 e. The summed E-state index contributed by atoms with van der Waals surface area (Å²) in [6.45, 7) is 7.85. The van der Waals surface area contributed by atoms with Gasteiger partial charge in [0.25, 0.3) is 0 Å². The van der Waals surface area contributed by atoms with Crippen molar-refractivity contribution < 1.29 is 9.47 Å². The van der Waals surface area contributed by atoms with Gasteiger partial charge in [0.2, 0.25) is 0 Å². The monoisotopic (exact) mass is 436 g/mol. The summed E-state index contributed by atoms with van der Waals surface area (Å²) in [6, 6.07) is 21.5. The van der Waals surface area contributed by atoms with Crippen molar-refractivity contribution in [1.82, 2.24) is 15.1 Å². The standard InChI is InChI=1S/C26H36N4O2/c1-27-26(30-13-12-23(19-30)21-32-20-22-8-4-2-5-9-22)28-18-25(24-10-6-3-7-11-24)29-14-16-31-17-15-29/h2-11,23,25H,12-21H2,1H3,(H,27,28). The third kappa shape index (κ3) is 6.31. The van der Waals surface area contributed by atoms with E-state index in [1.54, 1.807) is 0 Å². The van der Waals surface area contributed by atoms with E-state index in [2.05, 4.69) is 74.7 Å². The van der Waals surface area contributed by atoms with E-state index in [1.807, 2.05) is 13.1 Å². The molecule has 4 rings (SSSR count). The van der Waals surface area contributed by atoms with Gasteiger partial charge in [0.15, 0.2) is 5.96 Å². The predicted octanol–water partition coefficient (Wildman–Crippen LogP) is 3.17. The van der Waals surface area contributed by atoms with Crippen LogP contribution in [0.2, 0.25) is 0 Å². The molecule has 0 bridgehead atoms. The lowest BCUT2D eigenvalue weighted by atomic mass is 10.0. The molecular formula is C26H36N4O2. The Morgan fingerprint density at radius 1 is 1.06 bits per heavy atom. The Bertz CT molecular complexity index is 824. The fourth-order valence-corrected chi connectivity index (χ4v) is 4.62. The number of aliphatic imine (C=N–C) groups is 1. The van der Waals surface area contributed by atoms with E-state index in [-0.39, 0.29) is 0 Å². The van der Waals surface area contributed by atoms with E-state index in [4.69, 9.17) is 9.47 Å². The topological polar surface area (TPSA) is 49.3 Å². The normalized spacial score (nSPS) is 21.0. The first-order chi connectivity index (χ1) is 15.8. The summed E-state index contributed by atoms with van der Waals surface area (Å²) < 4.78 is 11.6. The highest BCUT2D eigenvalue weighted by Crippen LogP contribution is 2.22. The van der Waals surface area contributed by atoms with Gasteiger partial charge in [-0.1, -0.05) is 60.7 Å². The molecule has 0 radical (unpaired) electrons. The lowest BCUT2D eigenvalue weighted by Crippen LogP contribution is -2.47. The lowest BCUT2D eigenvalue weighted by molar-refractivity contribution is 0.0169. The van der Waals surface area contributed by atoms with Crippen LogP contribution in [0.3, 0.4) is 0 Å². The number of ether oxygens (including phenoxy) is 2. The third-order valence-corrected chi connectivity index (χ3v) is 6.39. The van der Waals surface area contributed by atoms with Gasteiger partial charge in [0.05, 0.1) is 32.5 Å². The molecule has 2 saturated heterocycles. The molecule has 0 aromatic heterocycles. The molecule has 0 amide bonds. The van der Waals surface area contributed by atoms with Gasteiger partial charge in [0.1, 0.15) is 0 Å². The van der Waals surface area contributed by atoms with Crippen LogP contribution in [0.15, 0.2) is 65.7 Å². The molecule has 2 fully saturated rings. The zero-order valence-corrected chi connectivity index (χ0v) is 19.2. The highest BCUT2D eigenvalue weighted by atomic mass is 16.5. The average Bonchev–Trinajstić information content (AvgIpc) is 3.32. The molecule has 2 aliphatic rings. The Hall–Kier alpha value is -2.41. The smallest absolute Gasteiger partial charge is 0.193 e. The molecular weight excluding hydrogens is 400 g/mol. The van der Waals surface area contributed by atoms with Crippen molar-refractivity contribution in [3.8, 4) is 0 Å². The molecule has 0 saturated carbocycles. The quantitative estimate of drug-likeness (QED) is 0.509. The lowest BCUT2D eigenvalue weighted by Gasteiger charge is -2.35. The van der Waals surface area contributed by atoms with Gasteiger partial charge in [-0.15, -0.1) is 0 Å². The SMILES string of the molecule is CN=C(NCC(c1ccccc1)N1CCOCC1)N1CCC(COCc2ccccc2)C1. The molecule has 2 aromatic carbocycles. The molecule has 1 N–H and O–H groups in total. The van der Waals surface area contributed by atoms with Gasteiger partial charge >= 0.3 is 0 Å². The fourth-order valence-electron chi connectivity index (χ4n) is 4.62. The van der Waals surface area contributed by atoms with Crippen LogP contribution < -0.4 is 5.32 Å². The minimum absolute atomic E-state index is 0.310. The molecule has 2 heterocycles. The molecule has 32 heavy (non-hydrogen) atoms. The van der Waals surface area contributed by atoms with Crippen molar-refractivity contribution in [1.29, 1.82) is 0 Å². The van der Waals surface area contributed by atoms with E-state index in [0.29, 0.717) is 18.6 Å². The van der Waals surface area contributed by atoms with Gasteiger partial charge < -0.3 is 19.7 Å². The second-order valence-electron chi connectivity index (χ2n) is 8.60. The summed E-state index contributed by atoms with van der Waals surface area (Å²) in [5.74, 6) is 1.53. The first kappa shape index (κ1) is 22.8. The van der Waals surface area contributed by atoms with Gasteiger partial charge in [0, 0.05) is 45.7 Å². The van der Waals surface area contributed by atoms with Crippen molar-refractivity contribution in [2.24, 2.45) is 10.9 Å². The highest BCUT2D eigenvalue weighted by molar-refractivity contribution is 5.80. The third-order valence-electron chi connectivity index (χ3n) is 6.39. The number of nitrogens with zero attached hydrogens (tertiary/aromatic N) is 3. The maximum Gasteiger partial charge on any atom is 0.193 e. The molecule has 0 aliphatic carbocycles. The summed E-state index contributed by atoms with van der Waals surface area (Å²) in [6.07, 6.45) is 1.14. The minimum atomic E-state index is 0.310. The van der Waals surface area contributed by atoms with Gasteiger partial charge in [-0.05, 0) is 17.5 Å². The van der Waals surface area contributed by atoms with Crippen LogP contribution in [0.5, 0.6) is 0 Å². The zero-order valence-electron chi connectivity index (χ0n) is 19.2. The van der Waals surface area contributed by atoms with Gasteiger partial charge in [-0.25, -0.2) is 0 Å². The molecule has 2 aromatic rings. The van der Waals surface area contributed by atoms with E-state index in [9.17, 15) is 0 Å². The Morgan fingerprint density at radius 3 is 2.50 bits per heavy atom. The summed E-state index contributed by atoms with van der Waals surface area (Å²) in [4.78, 5) is 9.48. The number of likely N-dealkylation sites (tertiary alicyclic amines) is 1. The van der Waals surface area contributed by atoms with E-state index >= 15 is 0 Å². The van der Waals surface area contributed by atoms with Crippen molar-refractivity contribution in [3.63, 3.8) is 0 Å². The number of hydrogen-bond acceptors (Lipinski definition) is 4. The Labute approximate surface area is 192 Å².